The van der Waals surface area contributed by atoms with Crippen LogP contribution in [0.3, 0.4) is 0 Å². The first-order valence-corrected chi connectivity index (χ1v) is 7.90. The van der Waals surface area contributed by atoms with Crippen molar-refractivity contribution >= 4 is 31.6 Å². The Kier molecular flexibility index (Phi) is 2.87. The van der Waals surface area contributed by atoms with Gasteiger partial charge in [-0.3, -0.25) is 13.9 Å². The first-order valence-electron chi connectivity index (χ1n) is 7.09. The van der Waals surface area contributed by atoms with Gasteiger partial charge >= 0.3 is 0 Å². The van der Waals surface area contributed by atoms with Crippen LogP contribution in [-0.2, 0) is 0 Å². The van der Waals surface area contributed by atoms with E-state index in [1.54, 1.807) is 27.9 Å². The standard InChI is InChI=1S/C16H14N4OS/c1-10(2)20-15(21)14-13(11-5-3-4-6-12(11)22-14)18-16(20)19-8-7-17-9-19/h3-10H,1-2H3. The Morgan fingerprint density at radius 3 is 2.77 bits per heavy atom. The smallest absolute Gasteiger partial charge is 0.273 e. The molecule has 0 saturated heterocycles. The molecule has 4 aromatic rings. The second-order valence-corrected chi connectivity index (χ2v) is 6.48. The van der Waals surface area contributed by atoms with Gasteiger partial charge in [-0.25, -0.2) is 9.97 Å². The van der Waals surface area contributed by atoms with Crippen LogP contribution in [0.2, 0.25) is 0 Å². The zero-order chi connectivity index (χ0) is 15.3. The predicted octanol–water partition coefficient (Wildman–Crippen LogP) is 3.38. The van der Waals surface area contributed by atoms with Crippen molar-refractivity contribution in [2.75, 3.05) is 0 Å². The molecule has 4 rings (SSSR count). The molecule has 22 heavy (non-hydrogen) atoms. The SMILES string of the molecule is CC(C)n1c(-n2ccnc2)nc2c(sc3ccccc32)c1=O. The normalized spacial score (nSPS) is 11.8. The maximum absolute atomic E-state index is 13.0. The van der Waals surface area contributed by atoms with Crippen molar-refractivity contribution in [3.05, 3.63) is 53.3 Å². The number of hydrogen-bond acceptors (Lipinski definition) is 4. The van der Waals surface area contributed by atoms with E-state index in [1.165, 1.54) is 11.3 Å². The van der Waals surface area contributed by atoms with E-state index in [9.17, 15) is 4.79 Å². The number of benzene rings is 1. The molecule has 6 heteroatoms. The Bertz CT molecular complexity index is 1030. The van der Waals surface area contributed by atoms with Gasteiger partial charge in [-0.2, -0.15) is 0 Å². The number of nitrogens with zero attached hydrogens (tertiary/aromatic N) is 4. The minimum Gasteiger partial charge on any atom is -0.276 e. The summed E-state index contributed by atoms with van der Waals surface area (Å²) in [6.07, 6.45) is 5.16. The quantitative estimate of drug-likeness (QED) is 0.570. The number of imidazole rings is 1. The Labute approximate surface area is 130 Å². The van der Waals surface area contributed by atoms with Crippen molar-refractivity contribution < 1.29 is 0 Å². The highest BCUT2D eigenvalue weighted by atomic mass is 32.1. The fourth-order valence-corrected chi connectivity index (χ4v) is 3.75. The molecule has 0 bridgehead atoms. The van der Waals surface area contributed by atoms with Crippen LogP contribution in [0.25, 0.3) is 26.3 Å². The molecule has 0 aliphatic heterocycles. The van der Waals surface area contributed by atoms with Gasteiger partial charge in [-0.1, -0.05) is 18.2 Å². The van der Waals surface area contributed by atoms with Crippen molar-refractivity contribution in [2.24, 2.45) is 0 Å². The van der Waals surface area contributed by atoms with Gasteiger partial charge in [0.25, 0.3) is 5.56 Å². The Morgan fingerprint density at radius 2 is 2.05 bits per heavy atom. The number of rotatable bonds is 2. The molecule has 0 amide bonds. The van der Waals surface area contributed by atoms with E-state index in [2.05, 4.69) is 4.98 Å². The van der Waals surface area contributed by atoms with Crippen LogP contribution in [-0.4, -0.2) is 19.1 Å². The van der Waals surface area contributed by atoms with Gasteiger partial charge in [0.1, 0.15) is 11.0 Å². The first kappa shape index (κ1) is 13.2. The third-order valence-electron chi connectivity index (χ3n) is 3.66. The van der Waals surface area contributed by atoms with Gasteiger partial charge < -0.3 is 0 Å². The molecular weight excluding hydrogens is 296 g/mol. The third kappa shape index (κ3) is 1.80. The number of thiophene rings is 1. The lowest BCUT2D eigenvalue weighted by Crippen LogP contribution is -2.26. The number of fused-ring (bicyclic) bond motifs is 3. The summed E-state index contributed by atoms with van der Waals surface area (Å²) in [6.45, 7) is 3.98. The van der Waals surface area contributed by atoms with E-state index >= 15 is 0 Å². The highest BCUT2D eigenvalue weighted by Gasteiger charge is 2.18. The van der Waals surface area contributed by atoms with Crippen LogP contribution < -0.4 is 5.56 Å². The maximum atomic E-state index is 13.0. The summed E-state index contributed by atoms with van der Waals surface area (Å²) in [5.74, 6) is 0.605. The van der Waals surface area contributed by atoms with Gasteiger partial charge in [0.05, 0.1) is 5.52 Å². The van der Waals surface area contributed by atoms with Gasteiger partial charge in [0, 0.05) is 28.5 Å². The monoisotopic (exact) mass is 310 g/mol. The summed E-state index contributed by atoms with van der Waals surface area (Å²) in [4.78, 5) is 21.8. The lowest BCUT2D eigenvalue weighted by atomic mass is 10.2. The van der Waals surface area contributed by atoms with Crippen LogP contribution in [0.1, 0.15) is 19.9 Å². The van der Waals surface area contributed by atoms with Crippen LogP contribution >= 0.6 is 11.3 Å². The largest absolute Gasteiger partial charge is 0.276 e. The van der Waals surface area contributed by atoms with Gasteiger partial charge in [-0.05, 0) is 19.9 Å². The van der Waals surface area contributed by atoms with Crippen LogP contribution in [0.15, 0.2) is 47.8 Å². The molecule has 0 fully saturated rings. The molecule has 0 saturated carbocycles. The van der Waals surface area contributed by atoms with Crippen LogP contribution in [0.5, 0.6) is 0 Å². The minimum absolute atomic E-state index is 0.00454. The van der Waals surface area contributed by atoms with Gasteiger partial charge in [0.2, 0.25) is 5.95 Å². The van der Waals surface area contributed by atoms with Crippen molar-refractivity contribution in [1.29, 1.82) is 0 Å². The van der Waals surface area contributed by atoms with Crippen molar-refractivity contribution in [1.82, 2.24) is 19.1 Å². The summed E-state index contributed by atoms with van der Waals surface area (Å²) < 4.78 is 5.30. The molecule has 5 nitrogen and oxygen atoms in total. The summed E-state index contributed by atoms with van der Waals surface area (Å²) >= 11 is 1.51. The Morgan fingerprint density at radius 1 is 1.23 bits per heavy atom. The molecule has 3 aromatic heterocycles. The molecule has 110 valence electrons. The molecular formula is C16H14N4OS. The molecule has 0 aliphatic carbocycles. The molecule has 0 N–H and O–H groups in total. The Hall–Kier alpha value is -2.47. The third-order valence-corrected chi connectivity index (χ3v) is 4.81. The molecule has 1 aromatic carbocycles. The van der Waals surface area contributed by atoms with E-state index in [0.29, 0.717) is 10.6 Å². The lowest BCUT2D eigenvalue weighted by molar-refractivity contribution is 0.557. The minimum atomic E-state index is 0.00454. The van der Waals surface area contributed by atoms with E-state index in [0.717, 1.165) is 15.6 Å². The number of hydrogen-bond donors (Lipinski definition) is 0. The summed E-state index contributed by atoms with van der Waals surface area (Å²) in [6, 6.07) is 8.01. The molecule has 0 aliphatic rings. The van der Waals surface area contributed by atoms with E-state index in [4.69, 9.17) is 4.98 Å². The highest BCUT2D eigenvalue weighted by Crippen LogP contribution is 2.31. The Balaban J connectivity index is 2.20. The zero-order valence-corrected chi connectivity index (χ0v) is 13.0. The molecule has 0 unspecified atom stereocenters. The second-order valence-electron chi connectivity index (χ2n) is 5.43. The average molecular weight is 310 g/mol. The topological polar surface area (TPSA) is 52.7 Å². The number of aromatic nitrogens is 4. The summed E-state index contributed by atoms with van der Waals surface area (Å²) in [5.41, 5.74) is 0.774. The van der Waals surface area contributed by atoms with Crippen molar-refractivity contribution in [3.8, 4) is 5.95 Å². The van der Waals surface area contributed by atoms with Crippen LogP contribution in [0, 0.1) is 0 Å². The predicted molar refractivity (Wildman–Crippen MR) is 88.9 cm³/mol. The van der Waals surface area contributed by atoms with Gasteiger partial charge in [-0.15, -0.1) is 11.3 Å². The van der Waals surface area contributed by atoms with E-state index < -0.39 is 0 Å². The summed E-state index contributed by atoms with van der Waals surface area (Å²) in [5, 5.41) is 1.02. The summed E-state index contributed by atoms with van der Waals surface area (Å²) in [7, 11) is 0. The second kappa shape index (κ2) is 4.78. The van der Waals surface area contributed by atoms with Crippen LogP contribution in [0.4, 0.5) is 0 Å². The van der Waals surface area contributed by atoms with E-state index in [-0.39, 0.29) is 11.6 Å². The van der Waals surface area contributed by atoms with Gasteiger partial charge in [0.15, 0.2) is 0 Å². The fourth-order valence-electron chi connectivity index (χ4n) is 2.67. The molecule has 0 radical (unpaired) electrons. The maximum Gasteiger partial charge on any atom is 0.273 e. The zero-order valence-electron chi connectivity index (χ0n) is 12.2. The lowest BCUT2D eigenvalue weighted by Gasteiger charge is -2.15. The molecule has 3 heterocycles. The van der Waals surface area contributed by atoms with E-state index in [1.807, 2.05) is 38.1 Å². The highest BCUT2D eigenvalue weighted by molar-refractivity contribution is 7.25. The molecule has 0 spiro atoms. The first-order chi connectivity index (χ1) is 10.7. The molecule has 0 atom stereocenters. The van der Waals surface area contributed by atoms with Crippen molar-refractivity contribution in [2.45, 2.75) is 19.9 Å². The van der Waals surface area contributed by atoms with Crippen molar-refractivity contribution in [3.63, 3.8) is 0 Å². The average Bonchev–Trinajstić information content (AvgIpc) is 3.14. The fraction of sp³-hybridized carbons (Fsp3) is 0.188.